The van der Waals surface area contributed by atoms with Gasteiger partial charge in [0, 0.05) is 12.6 Å². The Morgan fingerprint density at radius 3 is 2.85 bits per heavy atom. The van der Waals surface area contributed by atoms with E-state index >= 15 is 0 Å². The van der Waals surface area contributed by atoms with Crippen LogP contribution in [0.15, 0.2) is 21.5 Å². The quantitative estimate of drug-likeness (QED) is 0.647. The van der Waals surface area contributed by atoms with E-state index in [0.717, 1.165) is 17.3 Å². The molecule has 0 amide bonds. The molecule has 0 aliphatic rings. The van der Waals surface area contributed by atoms with Crippen molar-refractivity contribution in [3.63, 3.8) is 0 Å². The van der Waals surface area contributed by atoms with Gasteiger partial charge >= 0.3 is 0 Å². The molecular weight excluding hydrogens is 298 g/mol. The van der Waals surface area contributed by atoms with Crippen LogP contribution in [0.25, 0.3) is 0 Å². The van der Waals surface area contributed by atoms with E-state index < -0.39 is 4.92 Å². The standard InChI is InChI=1S/C11H13N5O2S2/c1-3-4-12-9-5-8(16(17)18)6-10(14-9)19-11-13-7(2)15-20-11/h5-6H,3-4H2,1-2H3,(H,12,14). The van der Waals surface area contributed by atoms with Gasteiger partial charge in [0.1, 0.15) is 16.7 Å². The van der Waals surface area contributed by atoms with E-state index in [-0.39, 0.29) is 5.69 Å². The van der Waals surface area contributed by atoms with Crippen LogP contribution in [0.3, 0.4) is 0 Å². The van der Waals surface area contributed by atoms with Crippen molar-refractivity contribution in [2.45, 2.75) is 29.6 Å². The minimum atomic E-state index is -0.422. The van der Waals surface area contributed by atoms with Gasteiger partial charge in [-0.2, -0.15) is 4.37 Å². The van der Waals surface area contributed by atoms with Crippen LogP contribution < -0.4 is 5.32 Å². The van der Waals surface area contributed by atoms with Crippen molar-refractivity contribution in [2.75, 3.05) is 11.9 Å². The van der Waals surface area contributed by atoms with E-state index in [0.29, 0.717) is 16.7 Å². The fourth-order valence-corrected chi connectivity index (χ4v) is 3.02. The van der Waals surface area contributed by atoms with Crippen LogP contribution in [-0.4, -0.2) is 25.8 Å². The summed E-state index contributed by atoms with van der Waals surface area (Å²) in [5.74, 6) is 1.19. The maximum Gasteiger partial charge on any atom is 0.275 e. The van der Waals surface area contributed by atoms with E-state index in [9.17, 15) is 10.1 Å². The summed E-state index contributed by atoms with van der Waals surface area (Å²) in [5, 5.41) is 14.5. The van der Waals surface area contributed by atoms with Gasteiger partial charge in [0.15, 0.2) is 4.34 Å². The number of nitrogens with one attached hydrogen (secondary N) is 1. The van der Waals surface area contributed by atoms with Gasteiger partial charge in [0.25, 0.3) is 5.69 Å². The molecule has 9 heteroatoms. The third-order valence-corrected chi connectivity index (χ3v) is 4.02. The lowest BCUT2D eigenvalue weighted by Crippen LogP contribution is -2.03. The zero-order chi connectivity index (χ0) is 14.5. The highest BCUT2D eigenvalue weighted by molar-refractivity contribution is 8.00. The number of nitrogens with zero attached hydrogens (tertiary/aromatic N) is 4. The molecule has 7 nitrogen and oxygen atoms in total. The first-order chi connectivity index (χ1) is 9.58. The zero-order valence-corrected chi connectivity index (χ0v) is 12.6. The Morgan fingerprint density at radius 1 is 1.45 bits per heavy atom. The van der Waals surface area contributed by atoms with E-state index in [4.69, 9.17) is 0 Å². The second-order valence-corrected chi connectivity index (χ2v) is 5.96. The van der Waals surface area contributed by atoms with Gasteiger partial charge in [0.05, 0.1) is 11.0 Å². The molecule has 2 heterocycles. The van der Waals surface area contributed by atoms with Gasteiger partial charge in [-0.1, -0.05) is 6.92 Å². The smallest absolute Gasteiger partial charge is 0.275 e. The average Bonchev–Trinajstić information content (AvgIpc) is 2.81. The molecule has 0 unspecified atom stereocenters. The van der Waals surface area contributed by atoms with Crippen LogP contribution in [0.4, 0.5) is 11.5 Å². The van der Waals surface area contributed by atoms with Gasteiger partial charge in [-0.15, -0.1) is 0 Å². The molecule has 20 heavy (non-hydrogen) atoms. The van der Waals surface area contributed by atoms with Crippen LogP contribution in [0.5, 0.6) is 0 Å². The Bertz CT molecular complexity index is 617. The van der Waals surface area contributed by atoms with Gasteiger partial charge in [-0.25, -0.2) is 9.97 Å². The lowest BCUT2D eigenvalue weighted by Gasteiger charge is -2.05. The number of aryl methyl sites for hydroxylation is 1. The summed E-state index contributed by atoms with van der Waals surface area (Å²) >= 11 is 2.53. The molecule has 0 bridgehead atoms. The van der Waals surface area contributed by atoms with E-state index in [1.54, 1.807) is 6.92 Å². The SMILES string of the molecule is CCCNc1cc([N+](=O)[O-])cc(Sc2nc(C)ns2)n1. The highest BCUT2D eigenvalue weighted by Gasteiger charge is 2.13. The molecule has 0 saturated carbocycles. The van der Waals surface area contributed by atoms with Gasteiger partial charge < -0.3 is 5.32 Å². The molecule has 0 fully saturated rings. The van der Waals surface area contributed by atoms with Crippen molar-refractivity contribution in [1.82, 2.24) is 14.3 Å². The summed E-state index contributed by atoms with van der Waals surface area (Å²) in [7, 11) is 0. The molecule has 0 aromatic carbocycles. The number of rotatable bonds is 6. The Labute approximate surface area is 124 Å². The molecule has 0 aliphatic carbocycles. The molecule has 0 aliphatic heterocycles. The monoisotopic (exact) mass is 311 g/mol. The molecule has 2 aromatic heterocycles. The van der Waals surface area contributed by atoms with Gasteiger partial charge in [-0.05, 0) is 36.6 Å². The summed E-state index contributed by atoms with van der Waals surface area (Å²) in [6, 6.07) is 2.88. The van der Waals surface area contributed by atoms with Crippen molar-refractivity contribution in [1.29, 1.82) is 0 Å². The first-order valence-corrected chi connectivity index (χ1v) is 7.56. The van der Waals surface area contributed by atoms with Gasteiger partial charge in [-0.3, -0.25) is 10.1 Å². The summed E-state index contributed by atoms with van der Waals surface area (Å²) in [6.45, 7) is 4.54. The fraction of sp³-hybridized carbons (Fsp3) is 0.364. The van der Waals surface area contributed by atoms with Crippen molar-refractivity contribution in [3.05, 3.63) is 28.1 Å². The molecule has 1 N–H and O–H groups in total. The Kier molecular flexibility index (Phi) is 4.85. The van der Waals surface area contributed by atoms with Crippen molar-refractivity contribution >= 4 is 34.8 Å². The van der Waals surface area contributed by atoms with E-state index in [2.05, 4.69) is 19.7 Å². The van der Waals surface area contributed by atoms with Crippen LogP contribution in [-0.2, 0) is 0 Å². The number of hydrogen-bond acceptors (Lipinski definition) is 8. The van der Waals surface area contributed by atoms with Crippen LogP contribution in [0.2, 0.25) is 0 Å². The third-order valence-electron chi connectivity index (χ3n) is 2.25. The number of aromatic nitrogens is 3. The number of pyridine rings is 1. The lowest BCUT2D eigenvalue weighted by molar-refractivity contribution is -0.385. The maximum absolute atomic E-state index is 11.0. The minimum Gasteiger partial charge on any atom is -0.370 e. The van der Waals surface area contributed by atoms with E-state index in [1.165, 1.54) is 35.4 Å². The molecule has 0 atom stereocenters. The number of anilines is 1. The summed E-state index contributed by atoms with van der Waals surface area (Å²) < 4.78 is 4.79. The highest BCUT2D eigenvalue weighted by Crippen LogP contribution is 2.31. The van der Waals surface area contributed by atoms with Crippen molar-refractivity contribution < 1.29 is 4.92 Å². The number of hydrogen-bond donors (Lipinski definition) is 1. The largest absolute Gasteiger partial charge is 0.370 e. The predicted octanol–water partition coefficient (Wildman–Crippen LogP) is 3.12. The molecule has 0 radical (unpaired) electrons. The normalized spacial score (nSPS) is 10.5. The molecular formula is C11H13N5O2S2. The van der Waals surface area contributed by atoms with Crippen LogP contribution >= 0.6 is 23.3 Å². The Morgan fingerprint density at radius 2 is 2.25 bits per heavy atom. The second kappa shape index (κ2) is 6.62. The molecule has 0 spiro atoms. The minimum absolute atomic E-state index is 0.0161. The van der Waals surface area contributed by atoms with E-state index in [1.807, 2.05) is 6.92 Å². The van der Waals surface area contributed by atoms with Gasteiger partial charge in [0.2, 0.25) is 0 Å². The predicted molar refractivity (Wildman–Crippen MR) is 78.4 cm³/mol. The zero-order valence-electron chi connectivity index (χ0n) is 11.0. The van der Waals surface area contributed by atoms with Crippen LogP contribution in [0, 0.1) is 17.0 Å². The van der Waals surface area contributed by atoms with Crippen molar-refractivity contribution in [2.24, 2.45) is 0 Å². The average molecular weight is 311 g/mol. The lowest BCUT2D eigenvalue weighted by atomic mass is 10.4. The summed E-state index contributed by atoms with van der Waals surface area (Å²) in [4.78, 5) is 19.1. The Balaban J connectivity index is 2.26. The molecule has 2 rings (SSSR count). The molecule has 0 saturated heterocycles. The second-order valence-electron chi connectivity index (χ2n) is 3.94. The topological polar surface area (TPSA) is 93.8 Å². The Hall–Kier alpha value is -1.74. The summed E-state index contributed by atoms with van der Waals surface area (Å²) in [5.41, 5.74) is 0.0161. The highest BCUT2D eigenvalue weighted by atomic mass is 32.2. The molecule has 2 aromatic rings. The molecule has 106 valence electrons. The fourth-order valence-electron chi connectivity index (χ4n) is 1.40. The summed E-state index contributed by atoms with van der Waals surface area (Å²) in [6.07, 6.45) is 0.919. The number of nitro groups is 1. The van der Waals surface area contributed by atoms with Crippen molar-refractivity contribution in [3.8, 4) is 0 Å². The first-order valence-electron chi connectivity index (χ1n) is 5.97. The van der Waals surface area contributed by atoms with Crippen LogP contribution in [0.1, 0.15) is 19.2 Å². The third kappa shape index (κ3) is 3.87. The maximum atomic E-state index is 11.0. The first kappa shape index (κ1) is 14.7.